The molecule has 0 saturated heterocycles. The molecule has 0 heterocycles. The molecule has 48 valence electrons. The van der Waals surface area contributed by atoms with Gasteiger partial charge in [-0.2, -0.15) is 0 Å². The molecular weight excluding hydrogens is 280 g/mol. The summed E-state index contributed by atoms with van der Waals surface area (Å²) in [7, 11) is 0. The molecule has 0 unspecified atom stereocenters. The molecule has 0 amide bonds. The Bertz CT molecular complexity index is 163. The van der Waals surface area contributed by atoms with Crippen LogP contribution < -0.4 is 0 Å². The average molecular weight is 290 g/mol. The zero-order chi connectivity index (χ0) is 7.28. The third-order valence-corrected chi connectivity index (χ3v) is 2.45. The second-order valence-electron chi connectivity index (χ2n) is 1.52. The summed E-state index contributed by atoms with van der Waals surface area (Å²) in [5.74, 6) is 0. The zero-order valence-corrected chi connectivity index (χ0v) is 8.49. The van der Waals surface area contributed by atoms with E-state index in [0.717, 1.165) is 0 Å². The van der Waals surface area contributed by atoms with Crippen LogP contribution in [0.1, 0.15) is 6.92 Å². The van der Waals surface area contributed by atoms with Crippen molar-refractivity contribution >= 4 is 3.90 Å². The summed E-state index contributed by atoms with van der Waals surface area (Å²) in [6.45, 7) is 9.35. The van der Waals surface area contributed by atoms with Gasteiger partial charge in [-0.15, -0.1) is 0 Å². The van der Waals surface area contributed by atoms with E-state index in [2.05, 4.69) is 13.2 Å². The molecule has 0 aliphatic carbocycles. The summed E-state index contributed by atoms with van der Waals surface area (Å²) >= 11 is 1.44. The van der Waals surface area contributed by atoms with Crippen molar-refractivity contribution in [3.05, 3.63) is 37.0 Å². The summed E-state index contributed by atoms with van der Waals surface area (Å²) in [4.78, 5) is 0. The van der Waals surface area contributed by atoms with Crippen LogP contribution in [0.15, 0.2) is 37.0 Å². The van der Waals surface area contributed by atoms with Crippen molar-refractivity contribution < 1.29 is 19.4 Å². The molecule has 0 aliphatic rings. The Morgan fingerprint density at radius 2 is 1.89 bits per heavy atom. The fraction of sp³-hybridized carbons (Fsp3) is 0.125. The van der Waals surface area contributed by atoms with Crippen LogP contribution in [0.5, 0.6) is 0 Å². The SMILES string of the molecule is C=C[C](=[W])/C(C=C)=C\C. The van der Waals surface area contributed by atoms with E-state index in [4.69, 9.17) is 0 Å². The molecule has 0 aliphatic heterocycles. The molecule has 0 rings (SSSR count). The molecule has 0 saturated carbocycles. The molecule has 0 aromatic rings. The number of allylic oxidation sites excluding steroid dienone is 4. The molecule has 0 radical (unpaired) electrons. The van der Waals surface area contributed by atoms with Gasteiger partial charge in [0.05, 0.1) is 0 Å². The number of hydrogen-bond acceptors (Lipinski definition) is 0. The Labute approximate surface area is 67.4 Å². The molecule has 9 heavy (non-hydrogen) atoms. The van der Waals surface area contributed by atoms with Crippen LogP contribution in [-0.4, -0.2) is 3.90 Å². The van der Waals surface area contributed by atoms with Crippen molar-refractivity contribution in [2.24, 2.45) is 0 Å². The molecule has 0 bridgehead atoms. The Balaban J connectivity index is 4.31. The van der Waals surface area contributed by atoms with Crippen LogP contribution >= 0.6 is 0 Å². The van der Waals surface area contributed by atoms with Gasteiger partial charge in [0, 0.05) is 0 Å². The summed E-state index contributed by atoms with van der Waals surface area (Å²) in [6.07, 6.45) is 5.76. The molecule has 0 spiro atoms. The first-order valence-electron chi connectivity index (χ1n) is 2.71. The third-order valence-electron chi connectivity index (χ3n) is 1.00. The van der Waals surface area contributed by atoms with Gasteiger partial charge in [0.25, 0.3) is 0 Å². The van der Waals surface area contributed by atoms with E-state index < -0.39 is 0 Å². The van der Waals surface area contributed by atoms with Gasteiger partial charge in [-0.05, 0) is 0 Å². The van der Waals surface area contributed by atoms with E-state index in [9.17, 15) is 0 Å². The van der Waals surface area contributed by atoms with Crippen molar-refractivity contribution in [2.75, 3.05) is 0 Å². The first kappa shape index (κ1) is 8.78. The monoisotopic (exact) mass is 290 g/mol. The van der Waals surface area contributed by atoms with Crippen LogP contribution in [0, 0.1) is 0 Å². The van der Waals surface area contributed by atoms with Gasteiger partial charge in [0.2, 0.25) is 0 Å². The topological polar surface area (TPSA) is 0 Å². The third kappa shape index (κ3) is 2.72. The molecule has 0 fully saturated rings. The van der Waals surface area contributed by atoms with Crippen LogP contribution in [0.3, 0.4) is 0 Å². The molecule has 0 atom stereocenters. The molecule has 1 heteroatoms. The average Bonchev–Trinajstić information content (AvgIpc) is 1.90. The predicted molar refractivity (Wildman–Crippen MR) is 39.2 cm³/mol. The Morgan fingerprint density at radius 3 is 2.00 bits per heavy atom. The van der Waals surface area contributed by atoms with Crippen LogP contribution in [0.25, 0.3) is 0 Å². The van der Waals surface area contributed by atoms with Gasteiger partial charge >= 0.3 is 67.1 Å². The van der Waals surface area contributed by atoms with Crippen molar-refractivity contribution in [1.29, 1.82) is 0 Å². The van der Waals surface area contributed by atoms with Crippen molar-refractivity contribution in [2.45, 2.75) is 6.92 Å². The van der Waals surface area contributed by atoms with E-state index in [1.54, 1.807) is 0 Å². The summed E-state index contributed by atoms with van der Waals surface area (Å²) < 4.78 is 1.26. The summed E-state index contributed by atoms with van der Waals surface area (Å²) in [5, 5.41) is 0. The molecule has 0 N–H and O–H groups in total. The van der Waals surface area contributed by atoms with Crippen LogP contribution in [-0.2, 0) is 19.4 Å². The van der Waals surface area contributed by atoms with E-state index in [1.165, 1.54) is 28.8 Å². The minimum atomic E-state index is 1.19. The van der Waals surface area contributed by atoms with Crippen LogP contribution in [0.2, 0.25) is 0 Å². The first-order chi connectivity index (χ1) is 4.26. The first-order valence-corrected chi connectivity index (χ1v) is 4.18. The quantitative estimate of drug-likeness (QED) is 0.698. The van der Waals surface area contributed by atoms with Gasteiger partial charge in [0.15, 0.2) is 0 Å². The fourth-order valence-corrected chi connectivity index (χ4v) is 1.20. The van der Waals surface area contributed by atoms with Crippen molar-refractivity contribution in [3.63, 3.8) is 0 Å². The van der Waals surface area contributed by atoms with Crippen LogP contribution in [0.4, 0.5) is 0 Å². The molecule has 0 aromatic carbocycles. The van der Waals surface area contributed by atoms with E-state index >= 15 is 0 Å². The van der Waals surface area contributed by atoms with Gasteiger partial charge in [-0.1, -0.05) is 0 Å². The number of hydrogen-bond donors (Lipinski definition) is 0. The van der Waals surface area contributed by atoms with E-state index in [0.29, 0.717) is 0 Å². The van der Waals surface area contributed by atoms with Gasteiger partial charge in [-0.25, -0.2) is 0 Å². The van der Waals surface area contributed by atoms with Gasteiger partial charge in [0.1, 0.15) is 0 Å². The zero-order valence-electron chi connectivity index (χ0n) is 5.55. The van der Waals surface area contributed by atoms with Crippen molar-refractivity contribution in [3.8, 4) is 0 Å². The van der Waals surface area contributed by atoms with Crippen molar-refractivity contribution in [1.82, 2.24) is 0 Å². The Morgan fingerprint density at radius 1 is 1.33 bits per heavy atom. The standard InChI is InChI=1S/C8H10.W/c1-4-7-8(5-2)6-3;/h4-6H,1-2H2,3H3;/b8-6-;. The maximum absolute atomic E-state index is 3.68. The summed E-state index contributed by atoms with van der Waals surface area (Å²) in [6, 6.07) is 0. The molecule has 0 nitrogen and oxygen atoms in total. The van der Waals surface area contributed by atoms with Gasteiger partial charge in [-0.3, -0.25) is 0 Å². The molecular formula is C8H10W. The Hall–Kier alpha value is -0.222. The van der Waals surface area contributed by atoms with E-state index in [1.807, 2.05) is 25.2 Å². The summed E-state index contributed by atoms with van der Waals surface area (Å²) in [5.41, 5.74) is 1.19. The maximum atomic E-state index is 3.68. The number of rotatable bonds is 3. The Kier molecular flexibility index (Phi) is 4.52. The second-order valence-corrected chi connectivity index (χ2v) is 3.10. The molecule has 0 aromatic heterocycles. The normalized spacial score (nSPS) is 10.6. The van der Waals surface area contributed by atoms with E-state index in [-0.39, 0.29) is 0 Å². The fourth-order valence-electron chi connectivity index (χ4n) is 0.479. The second kappa shape index (κ2) is 4.64. The minimum absolute atomic E-state index is 1.19. The predicted octanol–water partition coefficient (Wildman–Crippen LogP) is 2.02. The van der Waals surface area contributed by atoms with Gasteiger partial charge < -0.3 is 0 Å².